The van der Waals surface area contributed by atoms with Gasteiger partial charge in [-0.2, -0.15) is 0 Å². The van der Waals surface area contributed by atoms with Gasteiger partial charge in [0.05, 0.1) is 0 Å². The number of halogens is 2. The van der Waals surface area contributed by atoms with Crippen LogP contribution in [0.4, 0.5) is 8.78 Å². The topological polar surface area (TPSA) is 33.6 Å². The van der Waals surface area contributed by atoms with Crippen LogP contribution in [0.2, 0.25) is 0 Å². The minimum absolute atomic E-state index is 0.00224. The highest BCUT2D eigenvalue weighted by Gasteiger charge is 2.45. The average molecular weight is 310 g/mol. The summed E-state index contributed by atoms with van der Waals surface area (Å²) in [6.07, 6.45) is 5.23. The number of rotatable bonds is 2. The molecule has 8 unspecified atom stereocenters. The van der Waals surface area contributed by atoms with Gasteiger partial charge in [-0.1, -0.05) is 12.2 Å². The van der Waals surface area contributed by atoms with Crippen LogP contribution in [-0.2, 0) is 4.74 Å². The summed E-state index contributed by atoms with van der Waals surface area (Å²) in [6, 6.07) is 0. The van der Waals surface area contributed by atoms with E-state index in [0.717, 1.165) is 32.6 Å². The normalized spacial score (nSPS) is 51.2. The molecule has 0 radical (unpaired) electrons. The standard InChI is InChI=1S/C17H24F2N2O/c18-12-1-2-13(16(19)6-12)11-5-14-15(10-3-4-22-9-10)8-21-17(14)20-7-11/h1-2,7,10-17,21H,3-6,8-9H2. The monoisotopic (exact) mass is 310 g/mol. The summed E-state index contributed by atoms with van der Waals surface area (Å²) >= 11 is 0. The van der Waals surface area contributed by atoms with Gasteiger partial charge in [-0.3, -0.25) is 10.3 Å². The maximum Gasteiger partial charge on any atom is 0.121 e. The maximum atomic E-state index is 14.2. The van der Waals surface area contributed by atoms with E-state index >= 15 is 0 Å². The SMILES string of the molecule is FC1C=CC(C2C=NC3NCC(C4CCOC4)C3C2)C(F)C1. The molecule has 3 nitrogen and oxygen atoms in total. The lowest BCUT2D eigenvalue weighted by Crippen LogP contribution is -2.38. The van der Waals surface area contributed by atoms with Gasteiger partial charge in [0.25, 0.3) is 0 Å². The molecule has 0 spiro atoms. The first-order chi connectivity index (χ1) is 10.7. The Morgan fingerprint density at radius 1 is 1.14 bits per heavy atom. The molecule has 1 aliphatic carbocycles. The lowest BCUT2D eigenvalue weighted by Gasteiger charge is -2.36. The van der Waals surface area contributed by atoms with Gasteiger partial charge in [-0.05, 0) is 30.6 Å². The Kier molecular flexibility index (Phi) is 4.03. The molecule has 0 aromatic rings. The van der Waals surface area contributed by atoms with Crippen LogP contribution in [0.15, 0.2) is 17.1 Å². The number of aliphatic imine (C=N–C) groups is 1. The van der Waals surface area contributed by atoms with Gasteiger partial charge in [0.15, 0.2) is 0 Å². The van der Waals surface area contributed by atoms with Crippen LogP contribution in [0.5, 0.6) is 0 Å². The van der Waals surface area contributed by atoms with Gasteiger partial charge in [-0.25, -0.2) is 8.78 Å². The van der Waals surface area contributed by atoms with Gasteiger partial charge in [0, 0.05) is 44.2 Å². The molecule has 0 amide bonds. The van der Waals surface area contributed by atoms with Crippen molar-refractivity contribution in [2.75, 3.05) is 19.8 Å². The Morgan fingerprint density at radius 2 is 2.05 bits per heavy atom. The zero-order valence-electron chi connectivity index (χ0n) is 12.7. The zero-order valence-corrected chi connectivity index (χ0v) is 12.7. The second-order valence-electron chi connectivity index (χ2n) is 7.23. The van der Waals surface area contributed by atoms with Crippen molar-refractivity contribution in [3.8, 4) is 0 Å². The highest BCUT2D eigenvalue weighted by molar-refractivity contribution is 5.63. The number of hydrogen-bond acceptors (Lipinski definition) is 3. The molecule has 3 heterocycles. The fourth-order valence-electron chi connectivity index (χ4n) is 4.73. The molecule has 122 valence electrons. The van der Waals surface area contributed by atoms with Crippen molar-refractivity contribution < 1.29 is 13.5 Å². The molecule has 22 heavy (non-hydrogen) atoms. The fraction of sp³-hybridized carbons (Fsp3) is 0.824. The smallest absolute Gasteiger partial charge is 0.121 e. The van der Waals surface area contributed by atoms with Gasteiger partial charge in [-0.15, -0.1) is 0 Å². The molecule has 3 aliphatic heterocycles. The van der Waals surface area contributed by atoms with E-state index < -0.39 is 12.3 Å². The number of ether oxygens (including phenoxy) is 1. The van der Waals surface area contributed by atoms with Crippen LogP contribution >= 0.6 is 0 Å². The maximum absolute atomic E-state index is 14.2. The summed E-state index contributed by atoms with van der Waals surface area (Å²) in [4.78, 5) is 4.65. The highest BCUT2D eigenvalue weighted by Crippen LogP contribution is 2.42. The van der Waals surface area contributed by atoms with E-state index in [9.17, 15) is 8.78 Å². The van der Waals surface area contributed by atoms with Crippen molar-refractivity contribution in [2.24, 2.45) is 34.6 Å². The minimum atomic E-state index is -1.13. The second-order valence-corrected chi connectivity index (χ2v) is 7.23. The van der Waals surface area contributed by atoms with E-state index in [2.05, 4.69) is 10.3 Å². The second kappa shape index (κ2) is 6.00. The van der Waals surface area contributed by atoms with Crippen LogP contribution in [0.3, 0.4) is 0 Å². The molecule has 4 rings (SSSR count). The summed E-state index contributed by atoms with van der Waals surface area (Å²) in [7, 11) is 0. The number of alkyl halides is 2. The minimum Gasteiger partial charge on any atom is -0.381 e. The third kappa shape index (κ3) is 2.62. The predicted molar refractivity (Wildman–Crippen MR) is 81.3 cm³/mol. The quantitative estimate of drug-likeness (QED) is 0.795. The van der Waals surface area contributed by atoms with Crippen LogP contribution < -0.4 is 5.32 Å². The molecule has 2 saturated heterocycles. The summed E-state index contributed by atoms with van der Waals surface area (Å²) in [5.74, 6) is 1.54. The third-order valence-electron chi connectivity index (χ3n) is 5.98. The summed E-state index contributed by atoms with van der Waals surface area (Å²) in [5.41, 5.74) is 0. The number of allylic oxidation sites excluding steroid dienone is 2. The Bertz CT molecular complexity index is 464. The Labute approximate surface area is 130 Å². The van der Waals surface area contributed by atoms with Crippen molar-refractivity contribution in [1.82, 2.24) is 5.32 Å². The van der Waals surface area contributed by atoms with Crippen molar-refractivity contribution >= 4 is 6.21 Å². The largest absolute Gasteiger partial charge is 0.381 e. The van der Waals surface area contributed by atoms with Gasteiger partial charge in [0.2, 0.25) is 0 Å². The molecule has 0 aromatic heterocycles. The average Bonchev–Trinajstić information content (AvgIpc) is 3.15. The van der Waals surface area contributed by atoms with E-state index in [1.54, 1.807) is 6.08 Å². The Morgan fingerprint density at radius 3 is 2.82 bits per heavy atom. The number of fused-ring (bicyclic) bond motifs is 1. The van der Waals surface area contributed by atoms with Crippen LogP contribution in [0.1, 0.15) is 19.3 Å². The molecule has 5 heteroatoms. The number of nitrogens with one attached hydrogen (secondary N) is 1. The lowest BCUT2D eigenvalue weighted by molar-refractivity contribution is 0.133. The van der Waals surface area contributed by atoms with Crippen LogP contribution in [-0.4, -0.2) is 44.5 Å². The number of hydrogen-bond donors (Lipinski definition) is 1. The van der Waals surface area contributed by atoms with Crippen molar-refractivity contribution in [1.29, 1.82) is 0 Å². The summed E-state index contributed by atoms with van der Waals surface area (Å²) in [5, 5.41) is 3.50. The lowest BCUT2D eigenvalue weighted by atomic mass is 9.72. The first-order valence-corrected chi connectivity index (χ1v) is 8.53. The van der Waals surface area contributed by atoms with Crippen molar-refractivity contribution in [3.63, 3.8) is 0 Å². The van der Waals surface area contributed by atoms with Crippen molar-refractivity contribution in [3.05, 3.63) is 12.2 Å². The third-order valence-corrected chi connectivity index (χ3v) is 5.98. The van der Waals surface area contributed by atoms with E-state index in [0.29, 0.717) is 17.8 Å². The molecule has 4 aliphatic rings. The van der Waals surface area contributed by atoms with Crippen molar-refractivity contribution in [2.45, 2.75) is 37.8 Å². The van der Waals surface area contributed by atoms with E-state index in [4.69, 9.17) is 4.74 Å². The van der Waals surface area contributed by atoms with E-state index in [-0.39, 0.29) is 24.4 Å². The first kappa shape index (κ1) is 14.8. The molecule has 1 N–H and O–H groups in total. The van der Waals surface area contributed by atoms with Crippen LogP contribution in [0, 0.1) is 29.6 Å². The predicted octanol–water partition coefficient (Wildman–Crippen LogP) is 2.53. The molecular formula is C17H24F2N2O. The molecular weight excluding hydrogens is 286 g/mol. The van der Waals surface area contributed by atoms with Gasteiger partial charge >= 0.3 is 0 Å². The van der Waals surface area contributed by atoms with Crippen LogP contribution in [0.25, 0.3) is 0 Å². The Balaban J connectivity index is 1.48. The van der Waals surface area contributed by atoms with E-state index in [1.165, 1.54) is 6.08 Å². The molecule has 0 aromatic carbocycles. The first-order valence-electron chi connectivity index (χ1n) is 8.53. The molecule has 0 saturated carbocycles. The zero-order chi connectivity index (χ0) is 15.1. The Hall–Kier alpha value is -0.810. The van der Waals surface area contributed by atoms with Gasteiger partial charge in [0.1, 0.15) is 18.5 Å². The number of nitrogens with zero attached hydrogens (tertiary/aromatic N) is 1. The summed E-state index contributed by atoms with van der Waals surface area (Å²) in [6.45, 7) is 2.70. The summed E-state index contributed by atoms with van der Waals surface area (Å²) < 4.78 is 33.1. The fourth-order valence-corrected chi connectivity index (χ4v) is 4.73. The molecule has 0 bridgehead atoms. The molecule has 8 atom stereocenters. The van der Waals surface area contributed by atoms with E-state index in [1.807, 2.05) is 6.21 Å². The molecule has 2 fully saturated rings. The highest BCUT2D eigenvalue weighted by atomic mass is 19.1. The van der Waals surface area contributed by atoms with Gasteiger partial charge < -0.3 is 4.74 Å².